The largest absolute Gasteiger partial charge is 0.300 e. The van der Waals surface area contributed by atoms with Gasteiger partial charge in [0.05, 0.1) is 0 Å². The van der Waals surface area contributed by atoms with E-state index in [9.17, 15) is 4.79 Å². The fourth-order valence-electron chi connectivity index (χ4n) is 2.70. The van der Waals surface area contributed by atoms with E-state index in [4.69, 9.17) is 23.2 Å². The molecule has 0 aliphatic carbocycles. The van der Waals surface area contributed by atoms with Gasteiger partial charge in [0.2, 0.25) is 0 Å². The van der Waals surface area contributed by atoms with Gasteiger partial charge in [-0.1, -0.05) is 35.7 Å². The number of hydrogen-bond acceptors (Lipinski definition) is 2. The number of halogens is 2. The lowest BCUT2D eigenvalue weighted by Crippen LogP contribution is -2.40. The Labute approximate surface area is 124 Å². The molecule has 0 amide bonds. The third-order valence-electron chi connectivity index (χ3n) is 3.66. The number of carbonyl (C=O) groups excluding carboxylic acids is 1. The second-order valence-corrected chi connectivity index (χ2v) is 6.11. The van der Waals surface area contributed by atoms with Gasteiger partial charge in [0.25, 0.3) is 0 Å². The molecule has 104 valence electrons. The van der Waals surface area contributed by atoms with Crippen LogP contribution in [0.25, 0.3) is 0 Å². The monoisotopic (exact) mass is 299 g/mol. The van der Waals surface area contributed by atoms with Crippen molar-refractivity contribution in [2.75, 3.05) is 6.54 Å². The van der Waals surface area contributed by atoms with Crippen molar-refractivity contribution in [3.05, 3.63) is 33.8 Å². The molecule has 1 fully saturated rings. The molecule has 1 aromatic carbocycles. The molecule has 0 radical (unpaired) electrons. The van der Waals surface area contributed by atoms with Crippen LogP contribution in [-0.2, 0) is 11.3 Å². The maximum Gasteiger partial charge on any atom is 0.131 e. The highest BCUT2D eigenvalue weighted by atomic mass is 35.5. The van der Waals surface area contributed by atoms with Gasteiger partial charge in [0, 0.05) is 29.1 Å². The van der Waals surface area contributed by atoms with Gasteiger partial charge in [-0.2, -0.15) is 0 Å². The minimum atomic E-state index is 0.263. The summed E-state index contributed by atoms with van der Waals surface area (Å²) in [5, 5.41) is 1.37. The topological polar surface area (TPSA) is 20.3 Å². The lowest BCUT2D eigenvalue weighted by atomic mass is 9.97. The molecule has 0 spiro atoms. The first-order chi connectivity index (χ1) is 9.06. The molecule has 1 saturated heterocycles. The second kappa shape index (κ2) is 6.74. The molecule has 1 aromatic rings. The number of hydrogen-bond donors (Lipinski definition) is 0. The molecule has 1 unspecified atom stereocenters. The van der Waals surface area contributed by atoms with Crippen LogP contribution in [0.5, 0.6) is 0 Å². The van der Waals surface area contributed by atoms with Crippen LogP contribution in [0.15, 0.2) is 18.2 Å². The van der Waals surface area contributed by atoms with E-state index in [1.807, 2.05) is 12.1 Å². The SMILES string of the molecule is CC(=O)CC1CCCCN1Cc1ccc(Cl)cc1Cl. The van der Waals surface area contributed by atoms with Crippen molar-refractivity contribution in [2.45, 2.75) is 45.2 Å². The summed E-state index contributed by atoms with van der Waals surface area (Å²) in [5.74, 6) is 0.263. The lowest BCUT2D eigenvalue weighted by Gasteiger charge is -2.35. The van der Waals surface area contributed by atoms with Crippen LogP contribution in [0.2, 0.25) is 10.0 Å². The molecular weight excluding hydrogens is 281 g/mol. The van der Waals surface area contributed by atoms with Crippen LogP contribution in [0, 0.1) is 0 Å². The number of likely N-dealkylation sites (tertiary alicyclic amines) is 1. The fourth-order valence-corrected chi connectivity index (χ4v) is 3.17. The van der Waals surface area contributed by atoms with Crippen LogP contribution >= 0.6 is 23.2 Å². The maximum atomic E-state index is 11.4. The molecular formula is C15H19Cl2NO. The molecule has 19 heavy (non-hydrogen) atoms. The molecule has 2 nitrogen and oxygen atoms in total. The Morgan fingerprint density at radius 1 is 1.37 bits per heavy atom. The normalized spacial score (nSPS) is 20.5. The Balaban J connectivity index is 2.08. The molecule has 1 aliphatic heterocycles. The molecule has 2 rings (SSSR count). The molecule has 0 bridgehead atoms. The van der Waals surface area contributed by atoms with Crippen molar-refractivity contribution < 1.29 is 4.79 Å². The van der Waals surface area contributed by atoms with E-state index in [2.05, 4.69) is 4.90 Å². The summed E-state index contributed by atoms with van der Waals surface area (Å²) >= 11 is 12.1. The van der Waals surface area contributed by atoms with Gasteiger partial charge in [0.1, 0.15) is 5.78 Å². The van der Waals surface area contributed by atoms with Crippen LogP contribution in [-0.4, -0.2) is 23.3 Å². The van der Waals surface area contributed by atoms with Crippen LogP contribution < -0.4 is 0 Å². The lowest BCUT2D eigenvalue weighted by molar-refractivity contribution is -0.118. The number of Topliss-reactive ketones (excluding diaryl/α,β-unsaturated/α-hetero) is 1. The summed E-state index contributed by atoms with van der Waals surface area (Å²) < 4.78 is 0. The average molecular weight is 300 g/mol. The molecule has 1 heterocycles. The van der Waals surface area contributed by atoms with Crippen LogP contribution in [0.1, 0.15) is 38.2 Å². The molecule has 1 atom stereocenters. The van der Waals surface area contributed by atoms with Gasteiger partial charge in [-0.15, -0.1) is 0 Å². The van der Waals surface area contributed by atoms with Crippen molar-refractivity contribution in [3.8, 4) is 0 Å². The second-order valence-electron chi connectivity index (χ2n) is 5.26. The third-order valence-corrected chi connectivity index (χ3v) is 4.25. The van der Waals surface area contributed by atoms with Gasteiger partial charge < -0.3 is 0 Å². The Morgan fingerprint density at radius 3 is 2.84 bits per heavy atom. The zero-order valence-corrected chi connectivity index (χ0v) is 12.7. The van der Waals surface area contributed by atoms with Gasteiger partial charge in [-0.25, -0.2) is 0 Å². The quantitative estimate of drug-likeness (QED) is 0.825. The van der Waals surface area contributed by atoms with E-state index in [-0.39, 0.29) is 5.78 Å². The Morgan fingerprint density at radius 2 is 2.16 bits per heavy atom. The minimum absolute atomic E-state index is 0.263. The summed E-state index contributed by atoms with van der Waals surface area (Å²) in [4.78, 5) is 13.7. The molecule has 1 aliphatic rings. The van der Waals surface area contributed by atoms with E-state index < -0.39 is 0 Å². The van der Waals surface area contributed by atoms with Crippen LogP contribution in [0.3, 0.4) is 0 Å². The summed E-state index contributed by atoms with van der Waals surface area (Å²) in [5.41, 5.74) is 1.08. The summed E-state index contributed by atoms with van der Waals surface area (Å²) in [7, 11) is 0. The standard InChI is InChI=1S/C15H19Cl2NO/c1-11(19)8-14-4-2-3-7-18(14)10-12-5-6-13(16)9-15(12)17/h5-6,9,14H,2-4,7-8,10H2,1H3. The highest BCUT2D eigenvalue weighted by Crippen LogP contribution is 2.26. The molecule has 4 heteroatoms. The predicted octanol–water partition coefficient (Wildman–Crippen LogP) is 4.33. The zero-order chi connectivity index (χ0) is 13.8. The maximum absolute atomic E-state index is 11.4. The van der Waals surface area contributed by atoms with Gasteiger partial charge in [-0.05, 0) is 44.0 Å². The number of ketones is 1. The van der Waals surface area contributed by atoms with E-state index in [1.165, 1.54) is 12.8 Å². The van der Waals surface area contributed by atoms with Crippen molar-refractivity contribution in [3.63, 3.8) is 0 Å². The first kappa shape index (κ1) is 14.8. The highest BCUT2D eigenvalue weighted by Gasteiger charge is 2.24. The van der Waals surface area contributed by atoms with Gasteiger partial charge in [-0.3, -0.25) is 9.69 Å². The van der Waals surface area contributed by atoms with E-state index >= 15 is 0 Å². The van der Waals surface area contributed by atoms with Gasteiger partial charge >= 0.3 is 0 Å². The van der Waals surface area contributed by atoms with Crippen molar-refractivity contribution in [1.29, 1.82) is 0 Å². The number of carbonyl (C=O) groups is 1. The summed E-state index contributed by atoms with van der Waals surface area (Å²) in [6.45, 7) is 3.51. The summed E-state index contributed by atoms with van der Waals surface area (Å²) in [6.07, 6.45) is 4.15. The molecule has 0 N–H and O–H groups in total. The van der Waals surface area contributed by atoms with Gasteiger partial charge in [0.15, 0.2) is 0 Å². The predicted molar refractivity (Wildman–Crippen MR) is 79.8 cm³/mol. The highest BCUT2D eigenvalue weighted by molar-refractivity contribution is 6.35. The van der Waals surface area contributed by atoms with Crippen LogP contribution in [0.4, 0.5) is 0 Å². The smallest absolute Gasteiger partial charge is 0.131 e. The number of rotatable bonds is 4. The number of piperidine rings is 1. The Bertz CT molecular complexity index is 461. The first-order valence-corrected chi connectivity index (χ1v) is 7.49. The first-order valence-electron chi connectivity index (χ1n) is 6.73. The third kappa shape index (κ3) is 4.20. The zero-order valence-electron chi connectivity index (χ0n) is 11.2. The molecule has 0 saturated carbocycles. The molecule has 0 aromatic heterocycles. The van der Waals surface area contributed by atoms with Crippen molar-refractivity contribution in [1.82, 2.24) is 4.90 Å². The van der Waals surface area contributed by atoms with Crippen molar-refractivity contribution >= 4 is 29.0 Å². The number of benzene rings is 1. The number of nitrogens with zero attached hydrogens (tertiary/aromatic N) is 1. The average Bonchev–Trinajstić information content (AvgIpc) is 2.34. The fraction of sp³-hybridized carbons (Fsp3) is 0.533. The van der Waals surface area contributed by atoms with E-state index in [0.29, 0.717) is 22.5 Å². The van der Waals surface area contributed by atoms with Crippen molar-refractivity contribution in [2.24, 2.45) is 0 Å². The Hall–Kier alpha value is -0.570. The Kier molecular flexibility index (Phi) is 5.26. The van der Waals surface area contributed by atoms with E-state index in [0.717, 1.165) is 25.1 Å². The summed E-state index contributed by atoms with van der Waals surface area (Å²) in [6, 6.07) is 5.98. The minimum Gasteiger partial charge on any atom is -0.300 e. The van der Waals surface area contributed by atoms with E-state index in [1.54, 1.807) is 13.0 Å².